The molecule has 2 saturated heterocycles. The summed E-state index contributed by atoms with van der Waals surface area (Å²) >= 11 is 0. The van der Waals surface area contributed by atoms with Gasteiger partial charge in [0.25, 0.3) is 5.91 Å². The normalized spacial score (nSPS) is 21.4. The molecule has 1 atom stereocenters. The summed E-state index contributed by atoms with van der Waals surface area (Å²) in [5.41, 5.74) is 1.12. The molecule has 1 amide bonds. The second-order valence-electron chi connectivity index (χ2n) is 6.89. The zero-order valence-corrected chi connectivity index (χ0v) is 14.7. The number of rotatable bonds is 7. The summed E-state index contributed by atoms with van der Waals surface area (Å²) in [6.07, 6.45) is 4.79. The maximum Gasteiger partial charge on any atom is 0.260 e. The summed E-state index contributed by atoms with van der Waals surface area (Å²) in [6.45, 7) is 4.86. The second kappa shape index (κ2) is 8.49. The number of para-hydroxylation sites is 1. The molecule has 5 nitrogen and oxygen atoms in total. The Labute approximate surface area is 145 Å². The Balaban J connectivity index is 1.48. The Morgan fingerprint density at radius 2 is 2.00 bits per heavy atom. The van der Waals surface area contributed by atoms with Crippen LogP contribution in [0.4, 0.5) is 0 Å². The zero-order chi connectivity index (χ0) is 16.8. The predicted octanol–water partition coefficient (Wildman–Crippen LogP) is 1.87. The molecule has 0 aromatic heterocycles. The van der Waals surface area contributed by atoms with Crippen LogP contribution >= 0.6 is 0 Å². The molecule has 2 aliphatic heterocycles. The molecule has 0 radical (unpaired) electrons. The van der Waals surface area contributed by atoms with Crippen molar-refractivity contribution in [3.63, 3.8) is 0 Å². The van der Waals surface area contributed by atoms with Crippen molar-refractivity contribution in [1.29, 1.82) is 0 Å². The molecule has 3 rings (SSSR count). The van der Waals surface area contributed by atoms with Crippen LogP contribution in [0, 0.1) is 0 Å². The smallest absolute Gasteiger partial charge is 0.260 e. The molecule has 2 fully saturated rings. The van der Waals surface area contributed by atoms with Gasteiger partial charge in [-0.25, -0.2) is 0 Å². The first-order valence-electron chi connectivity index (χ1n) is 9.13. The Morgan fingerprint density at radius 1 is 1.21 bits per heavy atom. The van der Waals surface area contributed by atoms with Crippen molar-refractivity contribution in [1.82, 2.24) is 15.1 Å². The van der Waals surface area contributed by atoms with Gasteiger partial charge in [-0.2, -0.15) is 0 Å². The van der Waals surface area contributed by atoms with E-state index in [1.165, 1.54) is 19.4 Å². The van der Waals surface area contributed by atoms with Crippen LogP contribution in [-0.4, -0.2) is 61.6 Å². The quantitative estimate of drug-likeness (QED) is 0.828. The highest BCUT2D eigenvalue weighted by atomic mass is 16.5. The van der Waals surface area contributed by atoms with E-state index < -0.39 is 0 Å². The van der Waals surface area contributed by atoms with Gasteiger partial charge in [-0.05, 0) is 45.3 Å². The molecular formula is C19H29N3O2. The van der Waals surface area contributed by atoms with E-state index in [1.807, 2.05) is 23.1 Å². The lowest BCUT2D eigenvalue weighted by Crippen LogP contribution is -2.35. The number of likely N-dealkylation sites (N-methyl/N-ethyl adjacent to an activating group) is 1. The third-order valence-electron chi connectivity index (χ3n) is 5.15. The summed E-state index contributed by atoms with van der Waals surface area (Å²) in [6, 6.07) is 8.64. The number of hydrogen-bond donors (Lipinski definition) is 1. The minimum Gasteiger partial charge on any atom is -0.483 e. The molecule has 1 aromatic rings. The Hall–Kier alpha value is -1.59. The molecule has 0 saturated carbocycles. The van der Waals surface area contributed by atoms with Crippen LogP contribution in [0.5, 0.6) is 5.75 Å². The van der Waals surface area contributed by atoms with Gasteiger partial charge in [-0.15, -0.1) is 0 Å². The minimum absolute atomic E-state index is 0.0999. The van der Waals surface area contributed by atoms with Crippen LogP contribution in [0.25, 0.3) is 0 Å². The lowest BCUT2D eigenvalue weighted by Gasteiger charge is -2.20. The highest BCUT2D eigenvalue weighted by Gasteiger charge is 2.20. The maximum absolute atomic E-state index is 12.1. The highest BCUT2D eigenvalue weighted by molar-refractivity contribution is 5.78. The van der Waals surface area contributed by atoms with Crippen molar-refractivity contribution in [2.75, 3.05) is 39.8 Å². The van der Waals surface area contributed by atoms with E-state index in [4.69, 9.17) is 4.74 Å². The number of likely N-dealkylation sites (tertiary alicyclic amines) is 2. The number of hydrogen-bond acceptors (Lipinski definition) is 4. The average Bonchev–Trinajstić information content (AvgIpc) is 3.26. The molecule has 1 unspecified atom stereocenters. The van der Waals surface area contributed by atoms with Crippen LogP contribution < -0.4 is 10.1 Å². The first-order valence-corrected chi connectivity index (χ1v) is 9.13. The van der Waals surface area contributed by atoms with E-state index in [2.05, 4.69) is 23.3 Å². The van der Waals surface area contributed by atoms with Crippen molar-refractivity contribution in [2.24, 2.45) is 0 Å². The van der Waals surface area contributed by atoms with E-state index in [0.717, 1.165) is 50.3 Å². The predicted molar refractivity (Wildman–Crippen MR) is 95.1 cm³/mol. The molecule has 5 heteroatoms. The summed E-state index contributed by atoms with van der Waals surface area (Å²) in [7, 11) is 2.19. The van der Waals surface area contributed by atoms with Crippen molar-refractivity contribution >= 4 is 5.91 Å². The van der Waals surface area contributed by atoms with Crippen LogP contribution in [0.3, 0.4) is 0 Å². The average molecular weight is 331 g/mol. The van der Waals surface area contributed by atoms with Crippen molar-refractivity contribution in [2.45, 2.75) is 38.3 Å². The molecule has 24 heavy (non-hydrogen) atoms. The van der Waals surface area contributed by atoms with Crippen molar-refractivity contribution in [3.05, 3.63) is 29.8 Å². The van der Waals surface area contributed by atoms with E-state index >= 15 is 0 Å². The Kier molecular flexibility index (Phi) is 6.10. The van der Waals surface area contributed by atoms with Crippen LogP contribution in [0.1, 0.15) is 31.2 Å². The van der Waals surface area contributed by atoms with Gasteiger partial charge in [0.1, 0.15) is 5.75 Å². The third-order valence-corrected chi connectivity index (χ3v) is 5.15. The minimum atomic E-state index is 0.0999. The highest BCUT2D eigenvalue weighted by Crippen LogP contribution is 2.19. The molecule has 1 aromatic carbocycles. The number of nitrogens with one attached hydrogen (secondary N) is 1. The third kappa shape index (κ3) is 4.48. The fourth-order valence-electron chi connectivity index (χ4n) is 3.60. The number of benzene rings is 1. The number of nitrogens with zero attached hydrogens (tertiary/aromatic N) is 2. The maximum atomic E-state index is 12.1. The van der Waals surface area contributed by atoms with Gasteiger partial charge in [0.05, 0.1) is 0 Å². The van der Waals surface area contributed by atoms with E-state index in [0.29, 0.717) is 6.04 Å². The number of amides is 1. The first kappa shape index (κ1) is 17.2. The summed E-state index contributed by atoms with van der Waals surface area (Å²) in [5.74, 6) is 0.917. The monoisotopic (exact) mass is 331 g/mol. The van der Waals surface area contributed by atoms with E-state index in [9.17, 15) is 4.79 Å². The number of ether oxygens (including phenoxy) is 1. The lowest BCUT2D eigenvalue weighted by atomic mass is 10.2. The van der Waals surface area contributed by atoms with Crippen LogP contribution in [-0.2, 0) is 11.3 Å². The van der Waals surface area contributed by atoms with E-state index in [1.54, 1.807) is 0 Å². The Bertz CT molecular complexity index is 543. The lowest BCUT2D eigenvalue weighted by molar-refractivity contribution is -0.132. The van der Waals surface area contributed by atoms with Gasteiger partial charge >= 0.3 is 0 Å². The van der Waals surface area contributed by atoms with Gasteiger partial charge in [0.15, 0.2) is 6.61 Å². The molecule has 0 aliphatic carbocycles. The fourth-order valence-corrected chi connectivity index (χ4v) is 3.60. The molecule has 132 valence electrons. The topological polar surface area (TPSA) is 44.8 Å². The molecule has 0 spiro atoms. The summed E-state index contributed by atoms with van der Waals surface area (Å²) in [5, 5.41) is 3.54. The van der Waals surface area contributed by atoms with Crippen molar-refractivity contribution in [3.8, 4) is 5.75 Å². The largest absolute Gasteiger partial charge is 0.483 e. The molecule has 2 heterocycles. The summed E-state index contributed by atoms with van der Waals surface area (Å²) in [4.78, 5) is 16.5. The van der Waals surface area contributed by atoms with Gasteiger partial charge in [0, 0.05) is 37.8 Å². The fraction of sp³-hybridized carbons (Fsp3) is 0.632. The standard InChI is InChI=1S/C19H29N3O2/c1-21-10-6-8-17(21)14-20-13-16-7-2-3-9-18(16)24-15-19(23)22-11-4-5-12-22/h2-3,7,9,17,20H,4-6,8,10-15H2,1H3. The zero-order valence-electron chi connectivity index (χ0n) is 14.7. The van der Waals surface area contributed by atoms with Crippen molar-refractivity contribution < 1.29 is 9.53 Å². The van der Waals surface area contributed by atoms with E-state index in [-0.39, 0.29) is 12.5 Å². The van der Waals surface area contributed by atoms with Gasteiger partial charge in [-0.1, -0.05) is 18.2 Å². The Morgan fingerprint density at radius 3 is 2.75 bits per heavy atom. The summed E-state index contributed by atoms with van der Waals surface area (Å²) < 4.78 is 5.81. The number of carbonyl (C=O) groups is 1. The van der Waals surface area contributed by atoms with Gasteiger partial charge in [-0.3, -0.25) is 4.79 Å². The number of carbonyl (C=O) groups excluding carboxylic acids is 1. The SMILES string of the molecule is CN1CCCC1CNCc1ccccc1OCC(=O)N1CCCC1. The first-order chi connectivity index (χ1) is 11.7. The molecule has 1 N–H and O–H groups in total. The van der Waals surface area contributed by atoms with Gasteiger partial charge < -0.3 is 19.9 Å². The second-order valence-corrected chi connectivity index (χ2v) is 6.89. The van der Waals surface area contributed by atoms with Crippen LogP contribution in [0.2, 0.25) is 0 Å². The van der Waals surface area contributed by atoms with Crippen LogP contribution in [0.15, 0.2) is 24.3 Å². The van der Waals surface area contributed by atoms with Gasteiger partial charge in [0.2, 0.25) is 0 Å². The molecule has 2 aliphatic rings. The molecule has 0 bridgehead atoms. The molecular weight excluding hydrogens is 302 g/mol.